The Morgan fingerprint density at radius 2 is 1.95 bits per heavy atom. The van der Waals surface area contributed by atoms with Crippen molar-refractivity contribution >= 4 is 21.6 Å². The largest absolute Gasteiger partial charge is 0.370 e. The molecule has 0 aromatic heterocycles. The second kappa shape index (κ2) is 6.95. The zero-order valence-electron chi connectivity index (χ0n) is 12.2. The van der Waals surface area contributed by atoms with Gasteiger partial charge in [0.15, 0.2) is 0 Å². The average Bonchev–Trinajstić information content (AvgIpc) is 2.74. The lowest BCUT2D eigenvalue weighted by Gasteiger charge is -2.33. The van der Waals surface area contributed by atoms with Crippen molar-refractivity contribution in [3.8, 4) is 0 Å². The smallest absolute Gasteiger partial charge is 0.0378 e. The lowest BCUT2D eigenvalue weighted by molar-refractivity contribution is 0.277. The maximum absolute atomic E-state index is 3.81. The van der Waals surface area contributed by atoms with Gasteiger partial charge in [0.25, 0.3) is 0 Å². The number of nitrogens with one attached hydrogen (secondary N) is 1. The Hall–Kier alpha value is -0.540. The lowest BCUT2D eigenvalue weighted by atomic mass is 9.83. The first kappa shape index (κ1) is 14.4. The SMILES string of the molecule is Brc1cccc(N2CCCNC(C3CCCCC3)C2)c1. The first-order chi connectivity index (χ1) is 9.83. The van der Waals surface area contributed by atoms with Crippen LogP contribution in [-0.4, -0.2) is 25.7 Å². The second-order valence-corrected chi connectivity index (χ2v) is 7.15. The first-order valence-electron chi connectivity index (χ1n) is 8.07. The van der Waals surface area contributed by atoms with Crippen LogP contribution in [0, 0.1) is 5.92 Å². The van der Waals surface area contributed by atoms with Crippen molar-refractivity contribution in [1.82, 2.24) is 5.32 Å². The molecule has 0 radical (unpaired) electrons. The van der Waals surface area contributed by atoms with Crippen molar-refractivity contribution in [2.24, 2.45) is 5.92 Å². The predicted molar refractivity (Wildman–Crippen MR) is 89.3 cm³/mol. The van der Waals surface area contributed by atoms with E-state index in [1.54, 1.807) is 0 Å². The van der Waals surface area contributed by atoms with Gasteiger partial charge in [-0.15, -0.1) is 0 Å². The number of rotatable bonds is 2. The van der Waals surface area contributed by atoms with E-state index in [9.17, 15) is 0 Å². The molecule has 0 bridgehead atoms. The van der Waals surface area contributed by atoms with Gasteiger partial charge in [-0.2, -0.15) is 0 Å². The third-order valence-corrected chi connectivity index (χ3v) is 5.31. The van der Waals surface area contributed by atoms with Crippen LogP contribution in [0.2, 0.25) is 0 Å². The molecule has 1 aromatic carbocycles. The van der Waals surface area contributed by atoms with Crippen LogP contribution in [0.25, 0.3) is 0 Å². The molecule has 2 nitrogen and oxygen atoms in total. The molecule has 20 heavy (non-hydrogen) atoms. The van der Waals surface area contributed by atoms with E-state index in [4.69, 9.17) is 0 Å². The van der Waals surface area contributed by atoms with E-state index in [2.05, 4.69) is 50.4 Å². The predicted octanol–water partition coefficient (Wildman–Crippen LogP) is 4.20. The fraction of sp³-hybridized carbons (Fsp3) is 0.647. The summed E-state index contributed by atoms with van der Waals surface area (Å²) in [6.45, 7) is 3.51. The van der Waals surface area contributed by atoms with Crippen LogP contribution >= 0.6 is 15.9 Å². The van der Waals surface area contributed by atoms with Crippen molar-refractivity contribution in [2.75, 3.05) is 24.5 Å². The molecule has 3 rings (SSSR count). The van der Waals surface area contributed by atoms with Crippen LogP contribution in [0.4, 0.5) is 5.69 Å². The van der Waals surface area contributed by atoms with Crippen LogP contribution in [0.15, 0.2) is 28.7 Å². The van der Waals surface area contributed by atoms with Crippen molar-refractivity contribution in [3.05, 3.63) is 28.7 Å². The third-order valence-electron chi connectivity index (χ3n) is 4.82. The number of hydrogen-bond donors (Lipinski definition) is 1. The Balaban J connectivity index is 1.71. The van der Waals surface area contributed by atoms with E-state index >= 15 is 0 Å². The quantitative estimate of drug-likeness (QED) is 0.870. The normalized spacial score (nSPS) is 25.4. The van der Waals surface area contributed by atoms with Crippen LogP contribution in [-0.2, 0) is 0 Å². The number of benzene rings is 1. The number of hydrogen-bond acceptors (Lipinski definition) is 2. The summed E-state index contributed by atoms with van der Waals surface area (Å²) in [5.41, 5.74) is 1.36. The molecule has 1 heterocycles. The van der Waals surface area contributed by atoms with Gasteiger partial charge in [-0.25, -0.2) is 0 Å². The Morgan fingerprint density at radius 1 is 1.10 bits per heavy atom. The van der Waals surface area contributed by atoms with Crippen molar-refractivity contribution < 1.29 is 0 Å². The van der Waals surface area contributed by atoms with Crippen LogP contribution in [0.1, 0.15) is 38.5 Å². The van der Waals surface area contributed by atoms with E-state index in [-0.39, 0.29) is 0 Å². The summed E-state index contributed by atoms with van der Waals surface area (Å²) in [7, 11) is 0. The van der Waals surface area contributed by atoms with E-state index in [1.165, 1.54) is 68.3 Å². The molecule has 110 valence electrons. The summed E-state index contributed by atoms with van der Waals surface area (Å²) >= 11 is 3.60. The Labute approximate surface area is 131 Å². The molecule has 1 unspecified atom stereocenters. The number of halogens is 1. The third kappa shape index (κ3) is 3.56. The van der Waals surface area contributed by atoms with Gasteiger partial charge < -0.3 is 10.2 Å². The molecule has 1 saturated carbocycles. The number of nitrogens with zero attached hydrogens (tertiary/aromatic N) is 1. The van der Waals surface area contributed by atoms with E-state index in [1.807, 2.05) is 0 Å². The van der Waals surface area contributed by atoms with Gasteiger partial charge in [0.2, 0.25) is 0 Å². The molecule has 0 spiro atoms. The van der Waals surface area contributed by atoms with Crippen molar-refractivity contribution in [2.45, 2.75) is 44.6 Å². The molecular weight excluding hydrogens is 312 g/mol. The molecule has 1 N–H and O–H groups in total. The highest BCUT2D eigenvalue weighted by molar-refractivity contribution is 9.10. The van der Waals surface area contributed by atoms with E-state index in [0.717, 1.165) is 5.92 Å². The van der Waals surface area contributed by atoms with Gasteiger partial charge in [0.1, 0.15) is 0 Å². The molecule has 2 fully saturated rings. The minimum Gasteiger partial charge on any atom is -0.370 e. The summed E-state index contributed by atoms with van der Waals surface area (Å²) in [6, 6.07) is 9.43. The van der Waals surface area contributed by atoms with Gasteiger partial charge in [0, 0.05) is 29.3 Å². The minimum absolute atomic E-state index is 0.678. The highest BCUT2D eigenvalue weighted by atomic mass is 79.9. The zero-order valence-corrected chi connectivity index (χ0v) is 13.7. The molecule has 1 aromatic rings. The molecule has 1 aliphatic carbocycles. The van der Waals surface area contributed by atoms with Gasteiger partial charge in [0.05, 0.1) is 0 Å². The molecule has 2 aliphatic rings. The average molecular weight is 337 g/mol. The maximum Gasteiger partial charge on any atom is 0.0378 e. The van der Waals surface area contributed by atoms with Crippen molar-refractivity contribution in [3.63, 3.8) is 0 Å². The highest BCUT2D eigenvalue weighted by Crippen LogP contribution is 2.29. The maximum atomic E-state index is 3.81. The molecule has 1 atom stereocenters. The van der Waals surface area contributed by atoms with Crippen LogP contribution in [0.5, 0.6) is 0 Å². The van der Waals surface area contributed by atoms with E-state index in [0.29, 0.717) is 6.04 Å². The van der Waals surface area contributed by atoms with Crippen LogP contribution in [0.3, 0.4) is 0 Å². The molecule has 1 saturated heterocycles. The standard InChI is InChI=1S/C17H25BrN2/c18-15-8-4-9-16(12-15)20-11-5-10-19-17(13-20)14-6-2-1-3-7-14/h4,8-9,12,14,17,19H,1-3,5-7,10-11,13H2. The fourth-order valence-corrected chi connectivity index (χ4v) is 4.10. The van der Waals surface area contributed by atoms with Gasteiger partial charge >= 0.3 is 0 Å². The van der Waals surface area contributed by atoms with Gasteiger partial charge in [-0.3, -0.25) is 0 Å². The fourth-order valence-electron chi connectivity index (χ4n) is 3.71. The van der Waals surface area contributed by atoms with Crippen LogP contribution < -0.4 is 10.2 Å². The summed E-state index contributed by atoms with van der Waals surface area (Å²) in [5.74, 6) is 0.886. The number of anilines is 1. The van der Waals surface area contributed by atoms with E-state index < -0.39 is 0 Å². The first-order valence-corrected chi connectivity index (χ1v) is 8.86. The Morgan fingerprint density at radius 3 is 2.75 bits per heavy atom. The molecular formula is C17H25BrN2. The molecule has 0 amide bonds. The minimum atomic E-state index is 0.678. The second-order valence-electron chi connectivity index (χ2n) is 6.24. The van der Waals surface area contributed by atoms with Gasteiger partial charge in [-0.1, -0.05) is 41.3 Å². The molecule has 1 aliphatic heterocycles. The Kier molecular flexibility index (Phi) is 5.00. The highest BCUT2D eigenvalue weighted by Gasteiger charge is 2.26. The van der Waals surface area contributed by atoms with Gasteiger partial charge in [-0.05, 0) is 49.9 Å². The summed E-state index contributed by atoms with van der Waals surface area (Å²) in [4.78, 5) is 2.57. The monoisotopic (exact) mass is 336 g/mol. The summed E-state index contributed by atoms with van der Waals surface area (Å²) in [5, 5.41) is 3.81. The Bertz CT molecular complexity index is 429. The lowest BCUT2D eigenvalue weighted by Crippen LogP contribution is -2.43. The van der Waals surface area contributed by atoms with Crippen molar-refractivity contribution in [1.29, 1.82) is 0 Å². The summed E-state index contributed by atoms with van der Waals surface area (Å²) < 4.78 is 1.18. The summed E-state index contributed by atoms with van der Waals surface area (Å²) in [6.07, 6.45) is 8.39. The molecule has 3 heteroatoms. The zero-order chi connectivity index (χ0) is 13.8. The topological polar surface area (TPSA) is 15.3 Å².